The van der Waals surface area contributed by atoms with Gasteiger partial charge in [-0.1, -0.05) is 0 Å². The van der Waals surface area contributed by atoms with Crippen molar-refractivity contribution in [3.8, 4) is 11.5 Å². The molecule has 2 aliphatic rings. The summed E-state index contributed by atoms with van der Waals surface area (Å²) in [6, 6.07) is 10.5. The molecule has 166 valence electrons. The van der Waals surface area contributed by atoms with Crippen LogP contribution < -0.4 is 10.6 Å². The number of rotatable bonds is 5. The fraction of sp³-hybridized carbons (Fsp3) is 0.400. The molecule has 4 aromatic rings. The highest BCUT2D eigenvalue weighted by Crippen LogP contribution is 2.34. The molecule has 7 heteroatoms. The number of hydrogen-bond acceptors (Lipinski definition) is 3. The fourth-order valence-electron chi connectivity index (χ4n) is 5.42. The predicted molar refractivity (Wildman–Crippen MR) is 123 cm³/mol. The van der Waals surface area contributed by atoms with Gasteiger partial charge in [-0.3, -0.25) is 0 Å². The van der Waals surface area contributed by atoms with Crippen molar-refractivity contribution in [3.05, 3.63) is 53.6 Å². The van der Waals surface area contributed by atoms with E-state index in [1.807, 2.05) is 12.1 Å². The zero-order valence-corrected chi connectivity index (χ0v) is 17.9. The van der Waals surface area contributed by atoms with Crippen LogP contribution in [0.3, 0.4) is 0 Å². The van der Waals surface area contributed by atoms with Crippen LogP contribution in [0.2, 0.25) is 0 Å². The van der Waals surface area contributed by atoms with E-state index in [9.17, 15) is 8.78 Å². The third-order valence-electron chi connectivity index (χ3n) is 6.98. The lowest BCUT2D eigenvalue weighted by atomic mass is 10.0. The highest BCUT2D eigenvalue weighted by molar-refractivity contribution is 5.91. The topological polar surface area (TPSA) is 57.7 Å². The van der Waals surface area contributed by atoms with E-state index >= 15 is 0 Å². The number of nitrogens with one attached hydrogen (secondary N) is 3. The molecule has 3 N–H and O–H groups in total. The van der Waals surface area contributed by atoms with Crippen LogP contribution in [0.15, 0.2) is 36.4 Å². The van der Waals surface area contributed by atoms with Gasteiger partial charge in [0.15, 0.2) is 5.82 Å². The molecule has 32 heavy (non-hydrogen) atoms. The minimum Gasteiger partial charge on any atom is -0.352 e. The van der Waals surface area contributed by atoms with Crippen molar-refractivity contribution in [2.45, 2.75) is 50.7 Å². The molecule has 5 nitrogen and oxygen atoms in total. The first-order valence-electron chi connectivity index (χ1n) is 11.6. The number of benzene rings is 2. The van der Waals surface area contributed by atoms with Crippen LogP contribution in [0.5, 0.6) is 0 Å². The summed E-state index contributed by atoms with van der Waals surface area (Å²) in [7, 11) is 0. The van der Waals surface area contributed by atoms with Gasteiger partial charge < -0.3 is 20.2 Å². The molecule has 2 saturated heterocycles. The molecule has 0 aliphatic carbocycles. The Hall–Kier alpha value is -2.77. The van der Waals surface area contributed by atoms with Gasteiger partial charge in [-0.2, -0.15) is 0 Å². The van der Waals surface area contributed by atoms with Crippen LogP contribution in [0.1, 0.15) is 31.2 Å². The van der Waals surface area contributed by atoms with Crippen LogP contribution in [-0.4, -0.2) is 39.7 Å². The maximum absolute atomic E-state index is 14.0. The summed E-state index contributed by atoms with van der Waals surface area (Å²) >= 11 is 0. The Morgan fingerprint density at radius 1 is 0.938 bits per heavy atom. The molecule has 2 fully saturated rings. The maximum atomic E-state index is 14.0. The monoisotopic (exact) mass is 435 g/mol. The number of H-pyrrole nitrogens is 1. The predicted octanol–water partition coefficient (Wildman–Crippen LogP) is 4.51. The normalized spacial score (nSPS) is 21.3. The van der Waals surface area contributed by atoms with E-state index in [2.05, 4.69) is 20.2 Å². The molecule has 0 saturated carbocycles. The van der Waals surface area contributed by atoms with Crippen molar-refractivity contribution in [3.63, 3.8) is 0 Å². The third-order valence-corrected chi connectivity index (χ3v) is 6.98. The highest BCUT2D eigenvalue weighted by atomic mass is 19.1. The van der Waals surface area contributed by atoms with Crippen molar-refractivity contribution in [1.82, 2.24) is 25.2 Å². The summed E-state index contributed by atoms with van der Waals surface area (Å²) in [5.74, 6) is 0.243. The molecule has 0 unspecified atom stereocenters. The van der Waals surface area contributed by atoms with Crippen LogP contribution in [0, 0.1) is 11.6 Å². The average Bonchev–Trinajstić information content (AvgIpc) is 3.56. The Bertz CT molecular complexity index is 1180. The molecule has 0 amide bonds. The number of aromatic amines is 1. The first kappa shape index (κ1) is 19.9. The molecule has 2 aromatic carbocycles. The first-order valence-corrected chi connectivity index (χ1v) is 11.6. The smallest absolute Gasteiger partial charge is 0.157 e. The second-order valence-electron chi connectivity index (χ2n) is 9.14. The lowest BCUT2D eigenvalue weighted by Crippen LogP contribution is -2.27. The van der Waals surface area contributed by atoms with Gasteiger partial charge in [0.05, 0.1) is 16.7 Å². The van der Waals surface area contributed by atoms with Gasteiger partial charge in [-0.25, -0.2) is 13.8 Å². The van der Waals surface area contributed by atoms with E-state index < -0.39 is 0 Å². The van der Waals surface area contributed by atoms with Gasteiger partial charge in [-0.05, 0) is 81.1 Å². The molecule has 0 spiro atoms. The zero-order valence-electron chi connectivity index (χ0n) is 17.9. The number of aromatic nitrogens is 3. The van der Waals surface area contributed by atoms with Crippen molar-refractivity contribution in [2.24, 2.45) is 0 Å². The third kappa shape index (κ3) is 3.49. The molecular formula is C25H27F2N5. The Balaban J connectivity index is 1.54. The Morgan fingerprint density at radius 3 is 2.47 bits per heavy atom. The van der Waals surface area contributed by atoms with Crippen molar-refractivity contribution in [1.29, 1.82) is 0 Å². The van der Waals surface area contributed by atoms with Crippen molar-refractivity contribution >= 4 is 21.9 Å². The molecule has 6 rings (SSSR count). The molecule has 0 bridgehead atoms. The van der Waals surface area contributed by atoms with Gasteiger partial charge >= 0.3 is 0 Å². The fourth-order valence-corrected chi connectivity index (χ4v) is 5.42. The number of hydrogen-bond donors (Lipinski definition) is 3. The lowest BCUT2D eigenvalue weighted by molar-refractivity contribution is 0.519. The standard InChI is InChI=1S/C25H27F2N5/c26-15-5-7-19-20(13-17-3-1-9-28-17)24(30-21(19)11-15)25-31-22-12-16(27)6-8-23(22)32(25)14-18-4-2-10-29-18/h5-8,11-12,17-18,28-30H,1-4,9-10,13-14H2/t17-,18-/m0/s1. The van der Waals surface area contributed by atoms with Gasteiger partial charge in [-0.15, -0.1) is 0 Å². The van der Waals surface area contributed by atoms with E-state index in [4.69, 9.17) is 4.98 Å². The molecule has 2 aliphatic heterocycles. The minimum atomic E-state index is -0.290. The van der Waals surface area contributed by atoms with Crippen LogP contribution in [0.4, 0.5) is 8.78 Å². The van der Waals surface area contributed by atoms with Crippen LogP contribution in [0.25, 0.3) is 33.5 Å². The summed E-state index contributed by atoms with van der Waals surface area (Å²) in [4.78, 5) is 8.36. The summed E-state index contributed by atoms with van der Waals surface area (Å²) < 4.78 is 30.3. The van der Waals surface area contributed by atoms with E-state index in [1.165, 1.54) is 24.6 Å². The first-order chi connectivity index (χ1) is 15.7. The molecule has 0 radical (unpaired) electrons. The van der Waals surface area contributed by atoms with Crippen molar-refractivity contribution in [2.75, 3.05) is 13.1 Å². The van der Waals surface area contributed by atoms with Gasteiger partial charge in [0.1, 0.15) is 11.6 Å². The second-order valence-corrected chi connectivity index (χ2v) is 9.14. The SMILES string of the molecule is Fc1ccc2c(c1)nc(-c1[nH]c3cc(F)ccc3c1C[C@@H]1CCCN1)n2C[C@@H]1CCCN1. The summed E-state index contributed by atoms with van der Waals surface area (Å²) in [6.07, 6.45) is 5.41. The number of imidazole rings is 1. The average molecular weight is 436 g/mol. The molecular weight excluding hydrogens is 408 g/mol. The molecule has 2 atom stereocenters. The highest BCUT2D eigenvalue weighted by Gasteiger charge is 2.25. The van der Waals surface area contributed by atoms with Gasteiger partial charge in [0.2, 0.25) is 0 Å². The minimum absolute atomic E-state index is 0.262. The van der Waals surface area contributed by atoms with Crippen LogP contribution in [-0.2, 0) is 13.0 Å². The maximum Gasteiger partial charge on any atom is 0.157 e. The number of nitrogens with zero attached hydrogens (tertiary/aromatic N) is 2. The van der Waals surface area contributed by atoms with Crippen LogP contribution >= 0.6 is 0 Å². The largest absolute Gasteiger partial charge is 0.352 e. The summed E-state index contributed by atoms with van der Waals surface area (Å²) in [5, 5.41) is 8.17. The van der Waals surface area contributed by atoms with Gasteiger partial charge in [0, 0.05) is 35.6 Å². The lowest BCUT2D eigenvalue weighted by Gasteiger charge is -2.16. The van der Waals surface area contributed by atoms with E-state index in [1.54, 1.807) is 6.07 Å². The number of fused-ring (bicyclic) bond motifs is 2. The Labute approximate surface area is 185 Å². The molecule has 4 heterocycles. The molecule has 2 aromatic heterocycles. The zero-order chi connectivity index (χ0) is 21.7. The summed E-state index contributed by atoms with van der Waals surface area (Å²) in [6.45, 7) is 2.82. The quantitative estimate of drug-likeness (QED) is 0.432. The van der Waals surface area contributed by atoms with Gasteiger partial charge in [0.25, 0.3) is 0 Å². The van der Waals surface area contributed by atoms with E-state index in [0.717, 1.165) is 78.8 Å². The summed E-state index contributed by atoms with van der Waals surface area (Å²) in [5.41, 5.74) is 4.40. The Morgan fingerprint density at radius 2 is 1.69 bits per heavy atom. The van der Waals surface area contributed by atoms with E-state index in [0.29, 0.717) is 17.6 Å². The second kappa shape index (κ2) is 7.98. The number of halogens is 2. The Kier molecular flexibility index (Phi) is 4.96. The van der Waals surface area contributed by atoms with E-state index in [-0.39, 0.29) is 11.6 Å². The van der Waals surface area contributed by atoms with Crippen molar-refractivity contribution < 1.29 is 8.78 Å².